The summed E-state index contributed by atoms with van der Waals surface area (Å²) in [7, 11) is 0. The fourth-order valence-corrected chi connectivity index (χ4v) is 2.43. The Morgan fingerprint density at radius 1 is 1.59 bits per heavy atom. The maximum absolute atomic E-state index is 11.8. The van der Waals surface area contributed by atoms with Gasteiger partial charge in [0, 0.05) is 11.4 Å². The Morgan fingerprint density at radius 3 is 2.88 bits per heavy atom. The predicted molar refractivity (Wildman–Crippen MR) is 70.6 cm³/mol. The van der Waals surface area contributed by atoms with Gasteiger partial charge in [-0.05, 0) is 43.4 Å². The molecule has 0 bridgehead atoms. The number of phenols is 1. The number of aromatic hydroxyl groups is 1. The summed E-state index contributed by atoms with van der Waals surface area (Å²) in [4.78, 5) is 12.2. The van der Waals surface area contributed by atoms with Crippen LogP contribution >= 0.6 is 15.9 Å². The summed E-state index contributed by atoms with van der Waals surface area (Å²) in [6, 6.07) is 5.07. The quantitative estimate of drug-likeness (QED) is 0.839. The normalized spacial score (nSPS) is 16.6. The maximum atomic E-state index is 11.8. The molecule has 1 aromatic rings. The number of hydrogen-bond donors (Lipinski definition) is 2. The number of amides is 1. The third-order valence-electron chi connectivity index (χ3n) is 2.99. The van der Waals surface area contributed by atoms with Gasteiger partial charge in [-0.15, -0.1) is 0 Å². The predicted octanol–water partition coefficient (Wildman–Crippen LogP) is 2.60. The van der Waals surface area contributed by atoms with Crippen LogP contribution < -0.4 is 5.32 Å². The molecule has 0 saturated heterocycles. The Labute approximate surface area is 109 Å². The Morgan fingerprint density at radius 2 is 2.29 bits per heavy atom. The van der Waals surface area contributed by atoms with Gasteiger partial charge in [-0.1, -0.05) is 22.0 Å². The molecule has 4 heteroatoms. The van der Waals surface area contributed by atoms with E-state index in [1.165, 1.54) is 12.8 Å². The lowest BCUT2D eigenvalue weighted by Gasteiger charge is -2.11. The fourth-order valence-electron chi connectivity index (χ4n) is 1.74. The minimum absolute atomic E-state index is 0.0417. The largest absolute Gasteiger partial charge is 0.507 e. The van der Waals surface area contributed by atoms with Crippen LogP contribution in [0.1, 0.15) is 28.8 Å². The molecule has 17 heavy (non-hydrogen) atoms. The van der Waals surface area contributed by atoms with E-state index < -0.39 is 0 Å². The molecule has 1 aliphatic carbocycles. The number of alkyl halides is 1. The average Bonchev–Trinajstić information content (AvgIpc) is 3.09. The number of carbonyl (C=O) groups excluding carboxylic acids is 1. The van der Waals surface area contributed by atoms with Crippen LogP contribution in [0.25, 0.3) is 0 Å². The number of phenolic OH excluding ortho intramolecular Hbond substituents is 1. The zero-order valence-electron chi connectivity index (χ0n) is 9.74. The van der Waals surface area contributed by atoms with Crippen molar-refractivity contribution < 1.29 is 9.90 Å². The van der Waals surface area contributed by atoms with Gasteiger partial charge in [0.25, 0.3) is 5.91 Å². The van der Waals surface area contributed by atoms with Crippen molar-refractivity contribution in [3.63, 3.8) is 0 Å². The molecule has 92 valence electrons. The highest BCUT2D eigenvalue weighted by atomic mass is 79.9. The highest BCUT2D eigenvalue weighted by molar-refractivity contribution is 9.09. The number of nitrogens with one attached hydrogen (secondary N) is 1. The van der Waals surface area contributed by atoms with E-state index in [1.807, 2.05) is 13.0 Å². The molecule has 1 aliphatic rings. The average molecular weight is 298 g/mol. The fraction of sp³-hybridized carbons (Fsp3) is 0.462. The van der Waals surface area contributed by atoms with Gasteiger partial charge < -0.3 is 10.4 Å². The van der Waals surface area contributed by atoms with Gasteiger partial charge in [0.1, 0.15) is 5.75 Å². The second-order valence-corrected chi connectivity index (χ2v) is 5.76. The molecule has 0 radical (unpaired) electrons. The monoisotopic (exact) mass is 297 g/mol. The van der Waals surface area contributed by atoms with E-state index in [9.17, 15) is 9.90 Å². The first kappa shape index (κ1) is 12.4. The van der Waals surface area contributed by atoms with E-state index in [2.05, 4.69) is 21.2 Å². The highest BCUT2D eigenvalue weighted by Crippen LogP contribution is 2.36. The van der Waals surface area contributed by atoms with Crippen molar-refractivity contribution in [1.29, 1.82) is 0 Å². The molecular weight excluding hydrogens is 282 g/mol. The molecule has 1 saturated carbocycles. The van der Waals surface area contributed by atoms with Gasteiger partial charge in [0.05, 0.1) is 5.56 Å². The molecule has 2 N–H and O–H groups in total. The van der Waals surface area contributed by atoms with Crippen molar-refractivity contribution in [2.24, 2.45) is 5.92 Å². The maximum Gasteiger partial charge on any atom is 0.255 e. The summed E-state index contributed by atoms with van der Waals surface area (Å²) in [6.07, 6.45) is 2.48. The van der Waals surface area contributed by atoms with Crippen LogP contribution in [0, 0.1) is 12.8 Å². The summed E-state index contributed by atoms with van der Waals surface area (Å²) >= 11 is 3.56. The first-order chi connectivity index (χ1) is 8.08. The van der Waals surface area contributed by atoms with Gasteiger partial charge in [-0.3, -0.25) is 4.79 Å². The van der Waals surface area contributed by atoms with Crippen LogP contribution in [-0.4, -0.2) is 22.4 Å². The zero-order chi connectivity index (χ0) is 12.4. The first-order valence-corrected chi connectivity index (χ1v) is 6.71. The molecule has 1 unspecified atom stereocenters. The number of hydrogen-bond acceptors (Lipinski definition) is 2. The van der Waals surface area contributed by atoms with E-state index in [-0.39, 0.29) is 11.7 Å². The molecule has 0 aliphatic heterocycles. The molecule has 2 rings (SSSR count). The second kappa shape index (κ2) is 5.08. The van der Waals surface area contributed by atoms with E-state index in [4.69, 9.17) is 0 Å². The van der Waals surface area contributed by atoms with Crippen LogP contribution in [0.5, 0.6) is 5.75 Å². The van der Waals surface area contributed by atoms with Crippen molar-refractivity contribution in [2.45, 2.75) is 24.6 Å². The minimum atomic E-state index is -0.215. The molecule has 1 aromatic carbocycles. The SMILES string of the molecule is Cc1ccc(C(=O)NCC(Br)C2CC2)c(O)c1. The van der Waals surface area contributed by atoms with Crippen molar-refractivity contribution in [3.8, 4) is 5.75 Å². The molecular formula is C13H16BrNO2. The third-order valence-corrected chi connectivity index (χ3v) is 4.06. The number of halogens is 1. The molecule has 1 fully saturated rings. The third kappa shape index (κ3) is 3.22. The molecule has 3 nitrogen and oxygen atoms in total. The molecule has 1 atom stereocenters. The van der Waals surface area contributed by atoms with E-state index in [1.54, 1.807) is 12.1 Å². The van der Waals surface area contributed by atoms with Gasteiger partial charge in [0.15, 0.2) is 0 Å². The number of aryl methyl sites for hydroxylation is 1. The Kier molecular flexibility index (Phi) is 3.72. The van der Waals surface area contributed by atoms with Crippen molar-refractivity contribution in [1.82, 2.24) is 5.32 Å². The summed E-state index contributed by atoms with van der Waals surface area (Å²) < 4.78 is 0. The van der Waals surface area contributed by atoms with Crippen LogP contribution in [0.3, 0.4) is 0 Å². The lowest BCUT2D eigenvalue weighted by Crippen LogP contribution is -2.30. The molecule has 1 amide bonds. The van der Waals surface area contributed by atoms with Gasteiger partial charge in [-0.2, -0.15) is 0 Å². The van der Waals surface area contributed by atoms with Crippen molar-refractivity contribution in [3.05, 3.63) is 29.3 Å². The summed E-state index contributed by atoms with van der Waals surface area (Å²) in [5.41, 5.74) is 1.28. The Balaban J connectivity index is 1.94. The van der Waals surface area contributed by atoms with Gasteiger partial charge >= 0.3 is 0 Å². The summed E-state index contributed by atoms with van der Waals surface area (Å²) in [6.45, 7) is 2.49. The number of rotatable bonds is 4. The first-order valence-electron chi connectivity index (χ1n) is 5.80. The molecule has 0 aromatic heterocycles. The van der Waals surface area contributed by atoms with Crippen molar-refractivity contribution in [2.75, 3.05) is 6.54 Å². The second-order valence-electron chi connectivity index (χ2n) is 4.58. The molecule has 0 heterocycles. The van der Waals surface area contributed by atoms with Crippen LogP contribution in [-0.2, 0) is 0 Å². The van der Waals surface area contributed by atoms with Crippen LogP contribution in [0.15, 0.2) is 18.2 Å². The van der Waals surface area contributed by atoms with E-state index >= 15 is 0 Å². The van der Waals surface area contributed by atoms with Crippen LogP contribution in [0.2, 0.25) is 0 Å². The smallest absolute Gasteiger partial charge is 0.255 e. The minimum Gasteiger partial charge on any atom is -0.507 e. The highest BCUT2D eigenvalue weighted by Gasteiger charge is 2.29. The topological polar surface area (TPSA) is 49.3 Å². The lowest BCUT2D eigenvalue weighted by atomic mass is 10.1. The Bertz CT molecular complexity index is 429. The van der Waals surface area contributed by atoms with E-state index in [0.717, 1.165) is 5.56 Å². The standard InChI is InChI=1S/C13H16BrNO2/c1-8-2-5-10(12(16)6-8)13(17)15-7-11(14)9-3-4-9/h2,5-6,9,11,16H,3-4,7H2,1H3,(H,15,17). The summed E-state index contributed by atoms with van der Waals surface area (Å²) in [5.74, 6) is 0.523. The van der Waals surface area contributed by atoms with Crippen molar-refractivity contribution >= 4 is 21.8 Å². The summed E-state index contributed by atoms with van der Waals surface area (Å²) in [5, 5.41) is 12.5. The molecule has 0 spiro atoms. The lowest BCUT2D eigenvalue weighted by molar-refractivity contribution is 0.0951. The Hall–Kier alpha value is -1.03. The zero-order valence-corrected chi connectivity index (χ0v) is 11.3. The van der Waals surface area contributed by atoms with E-state index in [0.29, 0.717) is 22.9 Å². The van der Waals surface area contributed by atoms with Gasteiger partial charge in [-0.25, -0.2) is 0 Å². The number of carbonyl (C=O) groups is 1. The van der Waals surface area contributed by atoms with Crippen LogP contribution in [0.4, 0.5) is 0 Å². The number of benzene rings is 1. The van der Waals surface area contributed by atoms with Gasteiger partial charge in [0.2, 0.25) is 0 Å².